The minimum atomic E-state index is -1.13. The summed E-state index contributed by atoms with van der Waals surface area (Å²) < 4.78 is 0. The van der Waals surface area contributed by atoms with Gasteiger partial charge in [0.1, 0.15) is 6.04 Å². The van der Waals surface area contributed by atoms with Gasteiger partial charge in [0.25, 0.3) is 5.69 Å². The molecule has 1 aromatic carbocycles. The van der Waals surface area contributed by atoms with E-state index in [0.29, 0.717) is 16.5 Å². The number of fused-ring (bicyclic) bond motifs is 1. The second-order valence-corrected chi connectivity index (χ2v) is 4.37. The zero-order valence-electron chi connectivity index (χ0n) is 10.2. The molecular formula is C12H13N3O4. The molecule has 0 aliphatic heterocycles. The quantitative estimate of drug-likeness (QED) is 0.567. The summed E-state index contributed by atoms with van der Waals surface area (Å²) in [4.78, 5) is 24.3. The molecule has 1 heterocycles. The van der Waals surface area contributed by atoms with E-state index in [0.717, 1.165) is 5.56 Å². The van der Waals surface area contributed by atoms with Crippen molar-refractivity contribution >= 4 is 22.6 Å². The molecule has 0 fully saturated rings. The summed E-state index contributed by atoms with van der Waals surface area (Å²) in [6.07, 6.45) is 1.62. The molecule has 1 aromatic heterocycles. The van der Waals surface area contributed by atoms with E-state index in [2.05, 4.69) is 4.98 Å². The average Bonchev–Trinajstić information content (AvgIpc) is 2.74. The van der Waals surface area contributed by atoms with Gasteiger partial charge in [-0.1, -0.05) is 6.07 Å². The van der Waals surface area contributed by atoms with E-state index >= 15 is 0 Å². The molecule has 19 heavy (non-hydrogen) atoms. The number of hydrogen-bond donors (Lipinski definition) is 3. The summed E-state index contributed by atoms with van der Waals surface area (Å²) in [5.74, 6) is -1.13. The van der Waals surface area contributed by atoms with Gasteiger partial charge in [-0.25, -0.2) is 0 Å². The highest BCUT2D eigenvalue weighted by Crippen LogP contribution is 2.31. The third kappa shape index (κ3) is 2.27. The molecule has 1 unspecified atom stereocenters. The number of nitro groups is 1. The maximum absolute atomic E-state index is 11.0. The Bertz CT molecular complexity index is 662. The first-order valence-corrected chi connectivity index (χ1v) is 5.64. The number of benzene rings is 1. The number of nitro benzene ring substituents is 1. The number of aliphatic carboxylic acids is 1. The standard InChI is InChI=1S/C12H13N3O4/c1-6-2-3-9(15(18)19)10-7(5-14-11(6)10)4-8(13)12(16)17/h2-3,5,8,14H,4,13H2,1H3,(H,16,17). The highest BCUT2D eigenvalue weighted by molar-refractivity contribution is 5.94. The topological polar surface area (TPSA) is 122 Å². The molecule has 0 saturated heterocycles. The van der Waals surface area contributed by atoms with Gasteiger partial charge in [-0.05, 0) is 18.1 Å². The number of H-pyrrole nitrogens is 1. The smallest absolute Gasteiger partial charge is 0.320 e. The van der Waals surface area contributed by atoms with Crippen LogP contribution in [0.2, 0.25) is 0 Å². The van der Waals surface area contributed by atoms with Crippen molar-refractivity contribution in [1.82, 2.24) is 4.98 Å². The molecule has 7 nitrogen and oxygen atoms in total. The minimum Gasteiger partial charge on any atom is -0.480 e. The second kappa shape index (κ2) is 4.69. The van der Waals surface area contributed by atoms with Gasteiger partial charge >= 0.3 is 5.97 Å². The van der Waals surface area contributed by atoms with E-state index < -0.39 is 16.9 Å². The van der Waals surface area contributed by atoms with Crippen molar-refractivity contribution in [1.29, 1.82) is 0 Å². The normalized spacial score (nSPS) is 12.5. The number of carboxylic acid groups (broad SMARTS) is 1. The lowest BCUT2D eigenvalue weighted by Crippen LogP contribution is -2.32. The van der Waals surface area contributed by atoms with Crippen LogP contribution in [0.25, 0.3) is 10.9 Å². The molecule has 0 bridgehead atoms. The van der Waals surface area contributed by atoms with Crippen LogP contribution < -0.4 is 5.73 Å². The van der Waals surface area contributed by atoms with E-state index in [1.807, 2.05) is 6.92 Å². The van der Waals surface area contributed by atoms with Crippen LogP contribution in [0.15, 0.2) is 18.3 Å². The SMILES string of the molecule is Cc1ccc([N+](=O)[O-])c2c(CC(N)C(=O)O)c[nH]c12. The molecule has 0 aliphatic rings. The third-order valence-corrected chi connectivity index (χ3v) is 3.06. The number of nitrogens with one attached hydrogen (secondary N) is 1. The fourth-order valence-corrected chi connectivity index (χ4v) is 2.08. The van der Waals surface area contributed by atoms with Crippen LogP contribution in [0, 0.1) is 17.0 Å². The Morgan fingerprint density at radius 2 is 2.26 bits per heavy atom. The van der Waals surface area contributed by atoms with Gasteiger partial charge in [0.2, 0.25) is 0 Å². The lowest BCUT2D eigenvalue weighted by Gasteiger charge is -2.05. The van der Waals surface area contributed by atoms with E-state index in [1.165, 1.54) is 6.07 Å². The van der Waals surface area contributed by atoms with Gasteiger partial charge in [-0.2, -0.15) is 0 Å². The number of aryl methyl sites for hydroxylation is 1. The molecule has 0 aliphatic carbocycles. The van der Waals surface area contributed by atoms with Gasteiger partial charge in [0.05, 0.1) is 15.8 Å². The lowest BCUT2D eigenvalue weighted by molar-refractivity contribution is -0.383. The summed E-state index contributed by atoms with van der Waals surface area (Å²) in [5.41, 5.74) is 7.47. The predicted octanol–water partition coefficient (Wildman–Crippen LogP) is 1.34. The van der Waals surface area contributed by atoms with Crippen molar-refractivity contribution in [3.8, 4) is 0 Å². The van der Waals surface area contributed by atoms with Crippen LogP contribution in [-0.4, -0.2) is 27.0 Å². The highest BCUT2D eigenvalue weighted by Gasteiger charge is 2.21. The van der Waals surface area contributed by atoms with Crippen molar-refractivity contribution in [3.63, 3.8) is 0 Å². The number of hydrogen-bond acceptors (Lipinski definition) is 4. The van der Waals surface area contributed by atoms with Crippen LogP contribution in [-0.2, 0) is 11.2 Å². The van der Waals surface area contributed by atoms with Gasteiger partial charge in [0.15, 0.2) is 0 Å². The summed E-state index contributed by atoms with van der Waals surface area (Å²) >= 11 is 0. The van der Waals surface area contributed by atoms with Crippen molar-refractivity contribution < 1.29 is 14.8 Å². The Balaban J connectivity index is 2.59. The maximum atomic E-state index is 11.0. The van der Waals surface area contributed by atoms with Crippen molar-refractivity contribution in [2.45, 2.75) is 19.4 Å². The monoisotopic (exact) mass is 263 g/mol. The molecule has 0 saturated carbocycles. The van der Waals surface area contributed by atoms with Gasteiger partial charge in [-0.15, -0.1) is 0 Å². The van der Waals surface area contributed by atoms with E-state index in [-0.39, 0.29) is 12.1 Å². The van der Waals surface area contributed by atoms with Gasteiger partial charge < -0.3 is 15.8 Å². The van der Waals surface area contributed by atoms with E-state index in [4.69, 9.17) is 10.8 Å². The maximum Gasteiger partial charge on any atom is 0.320 e. The molecule has 2 aromatic rings. The number of non-ortho nitro benzene ring substituents is 1. The fraction of sp³-hybridized carbons (Fsp3) is 0.250. The fourth-order valence-electron chi connectivity index (χ4n) is 2.08. The second-order valence-electron chi connectivity index (χ2n) is 4.37. The molecule has 7 heteroatoms. The molecule has 100 valence electrons. The Morgan fingerprint density at radius 3 is 2.84 bits per heavy atom. The first-order chi connectivity index (χ1) is 8.91. The Labute approximate surface area is 108 Å². The Morgan fingerprint density at radius 1 is 1.58 bits per heavy atom. The minimum absolute atomic E-state index is 0.0413. The van der Waals surface area contributed by atoms with Gasteiger partial charge in [-0.3, -0.25) is 14.9 Å². The van der Waals surface area contributed by atoms with Crippen LogP contribution >= 0.6 is 0 Å². The van der Waals surface area contributed by atoms with Crippen LogP contribution in [0.1, 0.15) is 11.1 Å². The molecule has 0 radical (unpaired) electrons. The summed E-state index contributed by atoms with van der Waals surface area (Å²) in [5, 5.41) is 20.3. The number of rotatable bonds is 4. The zero-order chi connectivity index (χ0) is 14.2. The average molecular weight is 263 g/mol. The number of carboxylic acids is 1. The first kappa shape index (κ1) is 13.0. The van der Waals surface area contributed by atoms with Gasteiger partial charge in [0, 0.05) is 18.7 Å². The van der Waals surface area contributed by atoms with Crippen LogP contribution in [0.3, 0.4) is 0 Å². The highest BCUT2D eigenvalue weighted by atomic mass is 16.6. The number of aromatic amines is 1. The Kier molecular flexibility index (Phi) is 3.22. The summed E-state index contributed by atoms with van der Waals surface area (Å²) in [6, 6.07) is 1.98. The molecule has 2 rings (SSSR count). The van der Waals surface area contributed by atoms with Crippen LogP contribution in [0.5, 0.6) is 0 Å². The number of aromatic nitrogens is 1. The molecule has 1 atom stereocenters. The zero-order valence-corrected chi connectivity index (χ0v) is 10.2. The number of nitrogens with two attached hydrogens (primary N) is 1. The van der Waals surface area contributed by atoms with E-state index in [1.54, 1.807) is 12.3 Å². The van der Waals surface area contributed by atoms with Crippen LogP contribution in [0.4, 0.5) is 5.69 Å². The third-order valence-electron chi connectivity index (χ3n) is 3.06. The predicted molar refractivity (Wildman–Crippen MR) is 69.0 cm³/mol. The first-order valence-electron chi connectivity index (χ1n) is 5.64. The van der Waals surface area contributed by atoms with Crippen molar-refractivity contribution in [2.75, 3.05) is 0 Å². The summed E-state index contributed by atoms with van der Waals surface area (Å²) in [6.45, 7) is 1.82. The Hall–Kier alpha value is -2.41. The van der Waals surface area contributed by atoms with Crippen molar-refractivity contribution in [3.05, 3.63) is 39.6 Å². The lowest BCUT2D eigenvalue weighted by atomic mass is 10.0. The number of carbonyl (C=O) groups is 1. The molecular weight excluding hydrogens is 250 g/mol. The summed E-state index contributed by atoms with van der Waals surface area (Å²) in [7, 11) is 0. The van der Waals surface area contributed by atoms with E-state index in [9.17, 15) is 14.9 Å². The molecule has 0 amide bonds. The molecule has 4 N–H and O–H groups in total. The van der Waals surface area contributed by atoms with Crippen molar-refractivity contribution in [2.24, 2.45) is 5.73 Å². The largest absolute Gasteiger partial charge is 0.480 e. The number of nitrogens with zero attached hydrogens (tertiary/aromatic N) is 1. The molecule has 0 spiro atoms.